The Morgan fingerprint density at radius 3 is 1.30 bits per heavy atom. The summed E-state index contributed by atoms with van der Waals surface area (Å²) in [5, 5.41) is 177. The minimum absolute atomic E-state index is 0.718. The molecule has 71 heavy (non-hydrogen) atoms. The number of rotatable bonds is 16. The summed E-state index contributed by atoms with van der Waals surface area (Å²) < 4.78 is 64.5. The lowest BCUT2D eigenvalue weighted by atomic mass is 9.93. The number of hydrogen-bond acceptors (Lipinski definition) is 29. The van der Waals surface area contributed by atoms with Crippen molar-refractivity contribution in [3.8, 4) is 0 Å². The molecule has 6 fully saturated rings. The molecule has 0 spiro atoms. The van der Waals surface area contributed by atoms with Crippen LogP contribution in [-0.4, -0.2) is 304 Å². The Morgan fingerprint density at radius 1 is 0.366 bits per heavy atom. The van der Waals surface area contributed by atoms with Gasteiger partial charge in [0.1, 0.15) is 134 Å². The molecule has 0 aromatic carbocycles. The zero-order chi connectivity index (χ0) is 52.5. The van der Waals surface area contributed by atoms with E-state index in [9.17, 15) is 91.3 Å². The Labute approximate surface area is 403 Å². The maximum atomic E-state index is 13.1. The third-order valence-corrected chi connectivity index (χ3v) is 13.2. The highest BCUT2D eigenvalue weighted by Gasteiger charge is 2.59. The number of carbonyl (C=O) groups excluding carboxylic acids is 2. The van der Waals surface area contributed by atoms with Crippen LogP contribution < -0.4 is 10.6 Å². The normalized spacial score (nSPS) is 50.8. The van der Waals surface area contributed by atoms with Crippen molar-refractivity contribution in [1.29, 1.82) is 0 Å². The van der Waals surface area contributed by atoms with Gasteiger partial charge in [-0.15, -0.1) is 0 Å². The van der Waals surface area contributed by atoms with E-state index in [1.54, 1.807) is 0 Å². The summed E-state index contributed by atoms with van der Waals surface area (Å²) in [5.74, 6) is -1.60. The van der Waals surface area contributed by atoms with Gasteiger partial charge in [-0.05, 0) is 13.8 Å². The second-order valence-corrected chi connectivity index (χ2v) is 18.2. The van der Waals surface area contributed by atoms with Gasteiger partial charge in [-0.1, -0.05) is 0 Å². The fourth-order valence-corrected chi connectivity index (χ4v) is 9.18. The molecule has 6 aliphatic heterocycles. The van der Waals surface area contributed by atoms with E-state index in [0.29, 0.717) is 0 Å². The second kappa shape index (κ2) is 24.7. The van der Waals surface area contributed by atoms with Crippen molar-refractivity contribution in [2.75, 3.05) is 26.4 Å². The van der Waals surface area contributed by atoms with Crippen LogP contribution in [0.5, 0.6) is 0 Å². The highest BCUT2D eigenvalue weighted by atomic mass is 16.8. The van der Waals surface area contributed by atoms with Gasteiger partial charge >= 0.3 is 0 Å². The van der Waals surface area contributed by atoms with E-state index < -0.39 is 222 Å². The largest absolute Gasteiger partial charge is 0.394 e. The first-order valence-corrected chi connectivity index (χ1v) is 22.8. The van der Waals surface area contributed by atoms with Crippen molar-refractivity contribution in [3.63, 3.8) is 0 Å². The maximum absolute atomic E-state index is 13.1. The highest BCUT2D eigenvalue weighted by molar-refractivity contribution is 5.73. The fourth-order valence-electron chi connectivity index (χ4n) is 9.18. The van der Waals surface area contributed by atoms with Crippen LogP contribution >= 0.6 is 0 Å². The lowest BCUT2D eigenvalue weighted by Gasteiger charge is -2.52. The lowest BCUT2D eigenvalue weighted by molar-refractivity contribution is -0.400. The van der Waals surface area contributed by atoms with E-state index in [0.717, 1.165) is 13.8 Å². The summed E-state index contributed by atoms with van der Waals surface area (Å²) in [4.78, 5) is 25.0. The van der Waals surface area contributed by atoms with Crippen molar-refractivity contribution in [2.24, 2.45) is 0 Å². The zero-order valence-corrected chi connectivity index (χ0v) is 38.6. The van der Waals surface area contributed by atoms with Crippen molar-refractivity contribution in [1.82, 2.24) is 10.6 Å². The van der Waals surface area contributed by atoms with Gasteiger partial charge in [0.25, 0.3) is 0 Å². The Balaban J connectivity index is 1.36. The van der Waals surface area contributed by atoms with Crippen LogP contribution in [0, 0.1) is 0 Å². The minimum atomic E-state index is -2.19. The van der Waals surface area contributed by atoms with E-state index in [1.165, 1.54) is 13.8 Å². The lowest BCUT2D eigenvalue weighted by Crippen LogP contribution is -2.71. The predicted octanol–water partition coefficient (Wildman–Crippen LogP) is -11.8. The molecule has 6 heterocycles. The second-order valence-electron chi connectivity index (χ2n) is 18.2. The smallest absolute Gasteiger partial charge is 0.217 e. The quantitative estimate of drug-likeness (QED) is 0.0682. The van der Waals surface area contributed by atoms with Crippen LogP contribution in [0.1, 0.15) is 27.7 Å². The average Bonchev–Trinajstić information content (AvgIpc) is 3.33. The standard InChI is InChI=1S/C40H68N2O29/c1-9-19(49)24(54)27(57)37(61-9)69-32-18(42-12(4)48)36(70-33-22(52)14(6-44)64-39(29(33)59)67-30-15(7-45)63-35(60)17(23(30)53)41-11(3)47)66-16(8-46)31(32)68-40-34(26(56)21(51)13(5-43)65-40)71-38-28(58)25(55)20(50)10(2)62-38/h9-10,13-40,43-46,49-60H,5-8H2,1-4H3,(H,41,47)(H,42,48)/t9-,10-,13+,14+,15+,16+,17+,18+,19+,20+,21-,22-,23+,24+,25+,26-,27-,28-,29+,30+,31+,32+,33-,34+,35+,36-,37-,38-,39-,40-/m0/s1. The molecular weight excluding hydrogens is 972 g/mol. The van der Waals surface area contributed by atoms with Crippen LogP contribution in [0.15, 0.2) is 0 Å². The molecular formula is C40H68N2O29. The molecule has 0 aromatic heterocycles. The molecule has 6 rings (SSSR count). The van der Waals surface area contributed by atoms with E-state index in [2.05, 4.69) is 10.6 Å². The molecule has 6 aliphatic rings. The number of aliphatic hydroxyl groups excluding tert-OH is 16. The SMILES string of the molecule is CC(=O)N[C@@H]1[C@@H](O)[C@H](O[C@@H]2O[C@H](CO)[C@H](O)[C@H](O[C@@H]3O[C@H](CO)[C@@H](O[C@@H]4O[C@H](CO)[C@H](O)[C@H](O)[C@H]4O[C@@H]4O[C@@H](C)[C@@H](O)[C@@H](O)[C@@H]4O)[C@H](O[C@@H]4O[C@@H](C)[C@@H](O)[C@@H](O)[C@@H]4O)[C@H]3NC(C)=O)[C@H]2O)[C@@H](CO)O[C@H]1O. The number of ether oxygens (including phenoxy) is 11. The summed E-state index contributed by atoms with van der Waals surface area (Å²) in [6, 6.07) is -3.39. The first-order valence-electron chi connectivity index (χ1n) is 22.8. The molecule has 6 saturated heterocycles. The first-order chi connectivity index (χ1) is 33.5. The van der Waals surface area contributed by atoms with Crippen LogP contribution in [0.25, 0.3) is 0 Å². The van der Waals surface area contributed by atoms with Gasteiger partial charge in [-0.2, -0.15) is 0 Å². The van der Waals surface area contributed by atoms with Gasteiger partial charge in [-0.25, -0.2) is 0 Å². The first kappa shape index (κ1) is 58.1. The van der Waals surface area contributed by atoms with Gasteiger partial charge in [0.15, 0.2) is 37.7 Å². The van der Waals surface area contributed by atoms with Crippen molar-refractivity contribution < 1.29 is 143 Å². The third kappa shape index (κ3) is 12.4. The zero-order valence-electron chi connectivity index (χ0n) is 38.6. The topological polar surface area (TPSA) is 483 Å². The molecule has 0 radical (unpaired) electrons. The molecule has 0 bridgehead atoms. The number of hydrogen-bond donors (Lipinski definition) is 18. The van der Waals surface area contributed by atoms with E-state index >= 15 is 0 Å². The van der Waals surface area contributed by atoms with Gasteiger partial charge in [0.05, 0.1) is 38.6 Å². The Kier molecular flexibility index (Phi) is 20.2. The number of carbonyl (C=O) groups is 2. The van der Waals surface area contributed by atoms with Gasteiger partial charge in [-0.3, -0.25) is 9.59 Å². The molecule has 412 valence electrons. The van der Waals surface area contributed by atoms with E-state index in [1.807, 2.05) is 0 Å². The van der Waals surface area contributed by atoms with Gasteiger partial charge in [0, 0.05) is 13.8 Å². The Hall–Kier alpha value is -2.14. The summed E-state index contributed by atoms with van der Waals surface area (Å²) in [7, 11) is 0. The molecule has 0 aromatic rings. The Bertz CT molecular complexity index is 1710. The summed E-state index contributed by atoms with van der Waals surface area (Å²) in [5.41, 5.74) is 0. The fraction of sp³-hybridized carbons (Fsp3) is 0.950. The van der Waals surface area contributed by atoms with Crippen LogP contribution in [0.2, 0.25) is 0 Å². The predicted molar refractivity (Wildman–Crippen MR) is 220 cm³/mol. The molecule has 30 atom stereocenters. The highest BCUT2D eigenvalue weighted by Crippen LogP contribution is 2.38. The summed E-state index contributed by atoms with van der Waals surface area (Å²) in [6.07, 6.45) is -51.7. The van der Waals surface area contributed by atoms with Gasteiger partial charge < -0.3 is 144 Å². The monoisotopic (exact) mass is 1040 g/mol. The molecule has 31 heteroatoms. The molecule has 2 amide bonds. The average molecular weight is 1040 g/mol. The summed E-state index contributed by atoms with van der Waals surface area (Å²) >= 11 is 0. The van der Waals surface area contributed by atoms with E-state index in [-0.39, 0.29) is 0 Å². The molecule has 18 N–H and O–H groups in total. The van der Waals surface area contributed by atoms with Crippen molar-refractivity contribution >= 4 is 11.8 Å². The minimum Gasteiger partial charge on any atom is -0.394 e. The number of aliphatic hydroxyl groups is 16. The van der Waals surface area contributed by atoms with Gasteiger partial charge in [0.2, 0.25) is 11.8 Å². The summed E-state index contributed by atoms with van der Waals surface area (Å²) in [6.45, 7) is 0.708. The van der Waals surface area contributed by atoms with Crippen molar-refractivity contribution in [3.05, 3.63) is 0 Å². The molecule has 31 nitrogen and oxygen atoms in total. The van der Waals surface area contributed by atoms with E-state index in [4.69, 9.17) is 52.1 Å². The van der Waals surface area contributed by atoms with Crippen LogP contribution in [0.4, 0.5) is 0 Å². The number of nitrogens with one attached hydrogen (secondary N) is 2. The van der Waals surface area contributed by atoms with Crippen molar-refractivity contribution in [2.45, 2.75) is 212 Å². The van der Waals surface area contributed by atoms with Crippen LogP contribution in [0.3, 0.4) is 0 Å². The molecule has 0 aliphatic carbocycles. The maximum Gasteiger partial charge on any atom is 0.217 e. The van der Waals surface area contributed by atoms with Crippen LogP contribution in [-0.2, 0) is 61.7 Å². The molecule has 0 unspecified atom stereocenters. The molecule has 0 saturated carbocycles. The third-order valence-electron chi connectivity index (χ3n) is 13.2. The number of amides is 2. The Morgan fingerprint density at radius 2 is 0.775 bits per heavy atom.